The first-order valence-electron chi connectivity index (χ1n) is 9.62. The van der Waals surface area contributed by atoms with E-state index < -0.39 is 0 Å². The van der Waals surface area contributed by atoms with Crippen LogP contribution in [0.1, 0.15) is 21.5 Å². The van der Waals surface area contributed by atoms with Crippen molar-refractivity contribution in [2.45, 2.75) is 13.0 Å². The van der Waals surface area contributed by atoms with Gasteiger partial charge in [0.05, 0.1) is 16.8 Å². The third-order valence-electron chi connectivity index (χ3n) is 5.45. The van der Waals surface area contributed by atoms with Crippen LogP contribution in [0.25, 0.3) is 16.9 Å². The zero-order chi connectivity index (χ0) is 20.0. The van der Waals surface area contributed by atoms with Crippen LogP contribution in [0.4, 0.5) is 0 Å². The van der Waals surface area contributed by atoms with Crippen molar-refractivity contribution in [1.29, 1.82) is 0 Å². The standard InChI is InChI=1S/C23H20N4O2/c1-25-14-19(22(28)26-12-11-16-7-5-6-8-17(16)13-26)21-20(15-25)23(29)27(24-21)18-9-3-2-4-10-18/h2-10,14-15H,11-13H2,1H3. The molecule has 0 N–H and O–H groups in total. The molecule has 3 aliphatic rings. The molecule has 5 rings (SSSR count). The fraction of sp³-hybridized carbons (Fsp3) is 0.174. The summed E-state index contributed by atoms with van der Waals surface area (Å²) >= 11 is 0. The molecule has 6 heteroatoms. The second kappa shape index (κ2) is 6.74. The minimum absolute atomic E-state index is 0.0987. The normalized spacial score (nSPS) is 13.5. The first-order chi connectivity index (χ1) is 14.1. The summed E-state index contributed by atoms with van der Waals surface area (Å²) in [5, 5.41) is 4.53. The summed E-state index contributed by atoms with van der Waals surface area (Å²) in [7, 11) is 1.82. The van der Waals surface area contributed by atoms with Gasteiger partial charge in [0.15, 0.2) is 0 Å². The van der Waals surface area contributed by atoms with Crippen LogP contribution in [0.2, 0.25) is 0 Å². The van der Waals surface area contributed by atoms with E-state index in [0.717, 1.165) is 6.42 Å². The van der Waals surface area contributed by atoms with E-state index in [9.17, 15) is 9.59 Å². The molecule has 1 amide bonds. The summed E-state index contributed by atoms with van der Waals surface area (Å²) in [4.78, 5) is 28.2. The number of hydrogen-bond donors (Lipinski definition) is 0. The lowest BCUT2D eigenvalue weighted by molar-refractivity contribution is 0.0734. The molecule has 3 heterocycles. The Bertz CT molecular complexity index is 1240. The van der Waals surface area contributed by atoms with Crippen LogP contribution in [0.15, 0.2) is 71.8 Å². The average Bonchev–Trinajstić information content (AvgIpc) is 3.09. The molecule has 0 unspecified atom stereocenters. The molecule has 29 heavy (non-hydrogen) atoms. The second-order valence-corrected chi connectivity index (χ2v) is 7.40. The highest BCUT2D eigenvalue weighted by molar-refractivity contribution is 6.00. The smallest absolute Gasteiger partial charge is 0.282 e. The number of para-hydroxylation sites is 1. The lowest BCUT2D eigenvalue weighted by Crippen LogP contribution is -2.36. The summed E-state index contributed by atoms with van der Waals surface area (Å²) in [5.74, 6) is -0.0987. The molecule has 0 atom stereocenters. The molecular weight excluding hydrogens is 364 g/mol. The molecule has 0 spiro atoms. The summed E-state index contributed by atoms with van der Waals surface area (Å²) in [6, 6.07) is 17.5. The Labute approximate surface area is 168 Å². The van der Waals surface area contributed by atoms with Gasteiger partial charge in [-0.25, -0.2) is 0 Å². The molecule has 6 nitrogen and oxygen atoms in total. The van der Waals surface area contributed by atoms with Gasteiger partial charge in [-0.15, -0.1) is 0 Å². The molecule has 0 aromatic heterocycles. The maximum atomic E-state index is 13.4. The molecule has 0 radical (unpaired) electrons. The monoisotopic (exact) mass is 384 g/mol. The number of pyridine rings is 1. The van der Waals surface area contributed by atoms with E-state index in [1.54, 1.807) is 17.0 Å². The quantitative estimate of drug-likeness (QED) is 0.534. The van der Waals surface area contributed by atoms with Gasteiger partial charge in [0, 0.05) is 32.5 Å². The third kappa shape index (κ3) is 2.93. The Morgan fingerprint density at radius 2 is 1.69 bits per heavy atom. The molecule has 0 bridgehead atoms. The largest absolute Gasteiger partial charge is 0.356 e. The molecule has 2 aromatic rings. The Balaban J connectivity index is 1.58. The van der Waals surface area contributed by atoms with E-state index in [4.69, 9.17) is 0 Å². The van der Waals surface area contributed by atoms with E-state index in [1.165, 1.54) is 15.8 Å². The van der Waals surface area contributed by atoms with Gasteiger partial charge in [-0.2, -0.15) is 9.78 Å². The predicted molar refractivity (Wildman–Crippen MR) is 110 cm³/mol. The zero-order valence-electron chi connectivity index (χ0n) is 16.1. The second-order valence-electron chi connectivity index (χ2n) is 7.40. The maximum absolute atomic E-state index is 13.4. The van der Waals surface area contributed by atoms with E-state index in [1.807, 2.05) is 54.4 Å². The van der Waals surface area contributed by atoms with Crippen LogP contribution in [0.3, 0.4) is 0 Å². The van der Waals surface area contributed by atoms with Crippen molar-refractivity contribution in [3.05, 3.63) is 94.0 Å². The Hall–Kier alpha value is -3.67. The number of amides is 1. The molecule has 0 saturated heterocycles. The van der Waals surface area contributed by atoms with Gasteiger partial charge in [0.25, 0.3) is 11.5 Å². The Morgan fingerprint density at radius 1 is 0.966 bits per heavy atom. The lowest BCUT2D eigenvalue weighted by atomic mass is 9.99. The van der Waals surface area contributed by atoms with Crippen molar-refractivity contribution >= 4 is 5.91 Å². The van der Waals surface area contributed by atoms with E-state index in [0.29, 0.717) is 35.6 Å². The number of carbonyl (C=O) groups excluding carboxylic acids is 1. The summed E-state index contributed by atoms with van der Waals surface area (Å²) in [5.41, 5.74) is 4.26. The molecule has 3 aliphatic heterocycles. The van der Waals surface area contributed by atoms with Gasteiger partial charge < -0.3 is 9.47 Å². The molecular formula is C23H20N4O2. The van der Waals surface area contributed by atoms with Crippen molar-refractivity contribution in [3.8, 4) is 16.9 Å². The number of aromatic nitrogens is 3. The Morgan fingerprint density at radius 3 is 2.48 bits per heavy atom. The van der Waals surface area contributed by atoms with Crippen molar-refractivity contribution < 1.29 is 4.79 Å². The van der Waals surface area contributed by atoms with Crippen LogP contribution in [-0.4, -0.2) is 31.7 Å². The van der Waals surface area contributed by atoms with E-state index in [2.05, 4.69) is 17.2 Å². The first kappa shape index (κ1) is 17.4. The number of rotatable bonds is 2. The van der Waals surface area contributed by atoms with Crippen molar-refractivity contribution in [1.82, 2.24) is 19.2 Å². The van der Waals surface area contributed by atoms with Crippen LogP contribution in [-0.2, 0) is 20.0 Å². The van der Waals surface area contributed by atoms with E-state index in [-0.39, 0.29) is 11.5 Å². The SMILES string of the molecule is Cn1cc(C(=O)N2CCc3ccccc3C2)c2nn(-c3ccccc3)c(=O)c-2c1. The van der Waals surface area contributed by atoms with Gasteiger partial charge >= 0.3 is 0 Å². The number of aryl methyl sites for hydroxylation is 1. The zero-order valence-corrected chi connectivity index (χ0v) is 16.1. The molecule has 0 aliphatic carbocycles. The van der Waals surface area contributed by atoms with Crippen molar-refractivity contribution in [2.24, 2.45) is 7.05 Å². The van der Waals surface area contributed by atoms with Crippen LogP contribution >= 0.6 is 0 Å². The number of benzene rings is 2. The highest BCUT2D eigenvalue weighted by Crippen LogP contribution is 2.26. The lowest BCUT2D eigenvalue weighted by Gasteiger charge is -2.29. The number of hydrogen-bond acceptors (Lipinski definition) is 3. The fourth-order valence-electron chi connectivity index (χ4n) is 3.98. The van der Waals surface area contributed by atoms with Gasteiger partial charge in [-0.1, -0.05) is 42.5 Å². The number of carbonyl (C=O) groups is 1. The third-order valence-corrected chi connectivity index (χ3v) is 5.45. The molecule has 144 valence electrons. The number of nitrogens with zero attached hydrogens (tertiary/aromatic N) is 4. The summed E-state index contributed by atoms with van der Waals surface area (Å²) in [6.07, 6.45) is 4.31. The first-order valence-corrected chi connectivity index (χ1v) is 9.62. The predicted octanol–water partition coefficient (Wildman–Crippen LogP) is 2.87. The minimum atomic E-state index is -0.222. The fourth-order valence-corrected chi connectivity index (χ4v) is 3.98. The van der Waals surface area contributed by atoms with Crippen LogP contribution < -0.4 is 5.56 Å². The average molecular weight is 384 g/mol. The van der Waals surface area contributed by atoms with Gasteiger partial charge in [-0.05, 0) is 29.7 Å². The van der Waals surface area contributed by atoms with Crippen molar-refractivity contribution in [3.63, 3.8) is 0 Å². The molecule has 0 fully saturated rings. The maximum Gasteiger partial charge on any atom is 0.282 e. The topological polar surface area (TPSA) is 60.1 Å². The van der Waals surface area contributed by atoms with Crippen molar-refractivity contribution in [2.75, 3.05) is 6.54 Å². The Kier molecular flexibility index (Phi) is 4.05. The van der Waals surface area contributed by atoms with Gasteiger partial charge in [0.2, 0.25) is 0 Å². The molecule has 2 aromatic carbocycles. The highest BCUT2D eigenvalue weighted by atomic mass is 16.2. The highest BCUT2D eigenvalue weighted by Gasteiger charge is 2.28. The van der Waals surface area contributed by atoms with Crippen LogP contribution in [0.5, 0.6) is 0 Å². The van der Waals surface area contributed by atoms with Gasteiger partial charge in [-0.3, -0.25) is 9.59 Å². The van der Waals surface area contributed by atoms with Gasteiger partial charge in [0.1, 0.15) is 5.69 Å². The minimum Gasteiger partial charge on any atom is -0.356 e. The number of fused-ring (bicyclic) bond motifs is 2. The van der Waals surface area contributed by atoms with E-state index >= 15 is 0 Å². The molecule has 0 saturated carbocycles. The van der Waals surface area contributed by atoms with Crippen LogP contribution in [0, 0.1) is 0 Å². The summed E-state index contributed by atoms with van der Waals surface area (Å²) < 4.78 is 3.12. The summed E-state index contributed by atoms with van der Waals surface area (Å²) in [6.45, 7) is 1.22.